The average molecular weight is 202 g/mol. The first-order valence-corrected chi connectivity index (χ1v) is 5.26. The summed E-state index contributed by atoms with van der Waals surface area (Å²) in [6, 6.07) is -0.381. The van der Waals surface area contributed by atoms with Crippen molar-refractivity contribution >= 4 is 5.91 Å². The molecule has 0 radical (unpaired) electrons. The van der Waals surface area contributed by atoms with Gasteiger partial charge in [-0.3, -0.25) is 4.79 Å². The van der Waals surface area contributed by atoms with Gasteiger partial charge >= 0.3 is 0 Å². The van der Waals surface area contributed by atoms with E-state index < -0.39 is 0 Å². The molecule has 4 heteroatoms. The van der Waals surface area contributed by atoms with E-state index in [1.54, 1.807) is 0 Å². The van der Waals surface area contributed by atoms with Crippen LogP contribution in [0, 0.1) is 0 Å². The first-order valence-electron chi connectivity index (χ1n) is 5.26. The van der Waals surface area contributed by atoms with E-state index in [1.165, 1.54) is 0 Å². The zero-order valence-corrected chi connectivity index (χ0v) is 9.38. The van der Waals surface area contributed by atoms with Crippen molar-refractivity contribution in [1.29, 1.82) is 0 Å². The van der Waals surface area contributed by atoms with E-state index in [1.807, 2.05) is 20.8 Å². The molecule has 0 spiro atoms. The van der Waals surface area contributed by atoms with Crippen molar-refractivity contribution in [2.75, 3.05) is 13.2 Å². The van der Waals surface area contributed by atoms with E-state index in [0.717, 1.165) is 12.8 Å². The van der Waals surface area contributed by atoms with Gasteiger partial charge in [-0.2, -0.15) is 0 Å². The Hall–Kier alpha value is -0.610. The smallest absolute Gasteiger partial charge is 0.237 e. The second-order valence-electron chi connectivity index (χ2n) is 3.41. The molecule has 14 heavy (non-hydrogen) atoms. The molecule has 3 N–H and O–H groups in total. The highest BCUT2D eigenvalue weighted by molar-refractivity contribution is 5.81. The standard InChI is InChI=1S/C10H22N2O2/c1-4-6-9(11)10(13)12-7-8(3)14-5-2/h8-9H,4-7,11H2,1-3H3,(H,12,13)/t8?,9-/m0/s1. The molecule has 0 saturated heterocycles. The van der Waals surface area contributed by atoms with Gasteiger partial charge in [0.05, 0.1) is 12.1 Å². The number of amides is 1. The number of hydrogen-bond acceptors (Lipinski definition) is 3. The minimum atomic E-state index is -0.381. The molecule has 0 fully saturated rings. The lowest BCUT2D eigenvalue weighted by Crippen LogP contribution is -2.43. The molecule has 0 rings (SSSR count). The van der Waals surface area contributed by atoms with Crippen molar-refractivity contribution in [2.24, 2.45) is 5.73 Å². The van der Waals surface area contributed by atoms with Gasteiger partial charge in [-0.05, 0) is 20.3 Å². The van der Waals surface area contributed by atoms with Crippen LogP contribution < -0.4 is 11.1 Å². The predicted octanol–water partition coefficient (Wildman–Crippen LogP) is 0.655. The topological polar surface area (TPSA) is 64.4 Å². The Kier molecular flexibility index (Phi) is 7.42. The highest BCUT2D eigenvalue weighted by Gasteiger charge is 2.12. The SMILES string of the molecule is CCC[C@H](N)C(=O)NCC(C)OCC. The number of carbonyl (C=O) groups is 1. The summed E-state index contributed by atoms with van der Waals surface area (Å²) >= 11 is 0. The molecule has 84 valence electrons. The molecule has 0 heterocycles. The van der Waals surface area contributed by atoms with Gasteiger partial charge < -0.3 is 15.8 Å². The molecule has 0 aromatic heterocycles. The molecule has 0 aliphatic heterocycles. The Morgan fingerprint density at radius 2 is 2.14 bits per heavy atom. The minimum absolute atomic E-state index is 0.0535. The molecule has 0 bridgehead atoms. The Bertz CT molecular complexity index is 162. The number of nitrogens with two attached hydrogens (primary N) is 1. The van der Waals surface area contributed by atoms with Gasteiger partial charge in [0.2, 0.25) is 5.91 Å². The fraction of sp³-hybridized carbons (Fsp3) is 0.900. The first kappa shape index (κ1) is 13.4. The van der Waals surface area contributed by atoms with Crippen molar-refractivity contribution in [3.63, 3.8) is 0 Å². The summed E-state index contributed by atoms with van der Waals surface area (Å²) in [5, 5.41) is 2.76. The van der Waals surface area contributed by atoms with Gasteiger partial charge in [0.15, 0.2) is 0 Å². The number of rotatable bonds is 7. The molecule has 0 aliphatic carbocycles. The number of ether oxygens (including phenoxy) is 1. The Morgan fingerprint density at radius 1 is 1.50 bits per heavy atom. The normalized spacial score (nSPS) is 14.9. The van der Waals surface area contributed by atoms with E-state index in [9.17, 15) is 4.79 Å². The largest absolute Gasteiger partial charge is 0.377 e. The van der Waals surface area contributed by atoms with E-state index in [0.29, 0.717) is 13.2 Å². The van der Waals surface area contributed by atoms with E-state index in [2.05, 4.69) is 5.32 Å². The van der Waals surface area contributed by atoms with Gasteiger partial charge in [-0.1, -0.05) is 13.3 Å². The van der Waals surface area contributed by atoms with Crippen LogP contribution in [0.4, 0.5) is 0 Å². The monoisotopic (exact) mass is 202 g/mol. The van der Waals surface area contributed by atoms with Gasteiger partial charge in [-0.15, -0.1) is 0 Å². The van der Waals surface area contributed by atoms with Crippen LogP contribution >= 0.6 is 0 Å². The molecule has 1 unspecified atom stereocenters. The maximum atomic E-state index is 11.3. The van der Waals surface area contributed by atoms with Crippen LogP contribution in [0.25, 0.3) is 0 Å². The van der Waals surface area contributed by atoms with Crippen molar-refractivity contribution in [1.82, 2.24) is 5.32 Å². The average Bonchev–Trinajstić information content (AvgIpc) is 2.15. The molecule has 2 atom stereocenters. The lowest BCUT2D eigenvalue weighted by Gasteiger charge is -2.15. The van der Waals surface area contributed by atoms with E-state index in [4.69, 9.17) is 10.5 Å². The predicted molar refractivity (Wildman–Crippen MR) is 57.0 cm³/mol. The third-order valence-corrected chi connectivity index (χ3v) is 1.95. The van der Waals surface area contributed by atoms with Gasteiger partial charge in [0, 0.05) is 13.2 Å². The van der Waals surface area contributed by atoms with Crippen molar-refractivity contribution in [2.45, 2.75) is 45.8 Å². The van der Waals surface area contributed by atoms with Crippen LogP contribution in [0.2, 0.25) is 0 Å². The van der Waals surface area contributed by atoms with Crippen LogP contribution in [-0.2, 0) is 9.53 Å². The lowest BCUT2D eigenvalue weighted by molar-refractivity contribution is -0.123. The molecule has 0 saturated carbocycles. The van der Waals surface area contributed by atoms with Crippen LogP contribution in [0.15, 0.2) is 0 Å². The maximum Gasteiger partial charge on any atom is 0.237 e. The van der Waals surface area contributed by atoms with Gasteiger partial charge in [0.1, 0.15) is 0 Å². The first-order chi connectivity index (χ1) is 6.61. The third-order valence-electron chi connectivity index (χ3n) is 1.95. The minimum Gasteiger partial charge on any atom is -0.377 e. The lowest BCUT2D eigenvalue weighted by atomic mass is 10.1. The quantitative estimate of drug-likeness (QED) is 0.637. The van der Waals surface area contributed by atoms with Crippen molar-refractivity contribution < 1.29 is 9.53 Å². The van der Waals surface area contributed by atoms with E-state index >= 15 is 0 Å². The highest BCUT2D eigenvalue weighted by Crippen LogP contribution is 1.94. The van der Waals surface area contributed by atoms with E-state index in [-0.39, 0.29) is 18.1 Å². The number of hydrogen-bond donors (Lipinski definition) is 2. The number of carbonyl (C=O) groups excluding carboxylic acids is 1. The molecule has 1 amide bonds. The van der Waals surface area contributed by atoms with Crippen LogP contribution in [-0.4, -0.2) is 31.2 Å². The fourth-order valence-corrected chi connectivity index (χ4v) is 1.16. The highest BCUT2D eigenvalue weighted by atomic mass is 16.5. The Labute approximate surface area is 86.2 Å². The third kappa shape index (κ3) is 5.94. The second-order valence-corrected chi connectivity index (χ2v) is 3.41. The molecule has 0 aliphatic rings. The Morgan fingerprint density at radius 3 is 2.64 bits per heavy atom. The molecular formula is C10H22N2O2. The zero-order valence-electron chi connectivity index (χ0n) is 9.38. The van der Waals surface area contributed by atoms with Gasteiger partial charge in [-0.25, -0.2) is 0 Å². The van der Waals surface area contributed by atoms with Crippen LogP contribution in [0.3, 0.4) is 0 Å². The molecular weight excluding hydrogens is 180 g/mol. The second kappa shape index (κ2) is 7.76. The number of nitrogens with one attached hydrogen (secondary N) is 1. The summed E-state index contributed by atoms with van der Waals surface area (Å²) in [5.41, 5.74) is 5.64. The Balaban J connectivity index is 3.61. The molecule has 4 nitrogen and oxygen atoms in total. The molecule has 0 aromatic rings. The maximum absolute atomic E-state index is 11.3. The zero-order chi connectivity index (χ0) is 11.0. The van der Waals surface area contributed by atoms with Crippen LogP contribution in [0.1, 0.15) is 33.6 Å². The summed E-state index contributed by atoms with van der Waals surface area (Å²) in [5.74, 6) is -0.0848. The van der Waals surface area contributed by atoms with Crippen molar-refractivity contribution in [3.8, 4) is 0 Å². The summed E-state index contributed by atoms with van der Waals surface area (Å²) in [4.78, 5) is 11.3. The van der Waals surface area contributed by atoms with Crippen LogP contribution in [0.5, 0.6) is 0 Å². The summed E-state index contributed by atoms with van der Waals surface area (Å²) in [7, 11) is 0. The van der Waals surface area contributed by atoms with Gasteiger partial charge in [0.25, 0.3) is 0 Å². The summed E-state index contributed by atoms with van der Waals surface area (Å²) < 4.78 is 5.28. The fourth-order valence-electron chi connectivity index (χ4n) is 1.16. The van der Waals surface area contributed by atoms with Crippen molar-refractivity contribution in [3.05, 3.63) is 0 Å². The summed E-state index contributed by atoms with van der Waals surface area (Å²) in [6.07, 6.45) is 1.71. The summed E-state index contributed by atoms with van der Waals surface area (Å²) in [6.45, 7) is 7.06. The molecule has 0 aromatic carbocycles.